The molecule has 0 saturated carbocycles. The van der Waals surface area contributed by atoms with Crippen LogP contribution in [0.4, 0.5) is 0 Å². The summed E-state index contributed by atoms with van der Waals surface area (Å²) < 4.78 is 0. The van der Waals surface area contributed by atoms with E-state index < -0.39 is 0 Å². The molecule has 2 N–H and O–H groups in total. The van der Waals surface area contributed by atoms with Gasteiger partial charge in [0.25, 0.3) is 0 Å². The van der Waals surface area contributed by atoms with Crippen molar-refractivity contribution in [1.29, 1.82) is 0 Å². The molecule has 0 bridgehead atoms. The molecule has 0 aliphatic carbocycles. The minimum atomic E-state index is 0.333. The lowest BCUT2D eigenvalue weighted by Crippen LogP contribution is -1.90. The highest BCUT2D eigenvalue weighted by Gasteiger charge is 2.10. The summed E-state index contributed by atoms with van der Waals surface area (Å²) in [5.74, 6) is 0.697. The number of aryl methyl sites for hydroxylation is 2. The first kappa shape index (κ1) is 14.4. The van der Waals surface area contributed by atoms with E-state index in [4.69, 9.17) is 0 Å². The van der Waals surface area contributed by atoms with Crippen molar-refractivity contribution in [3.8, 4) is 22.6 Å². The Hall–Kier alpha value is -1.96. The first-order valence-electron chi connectivity index (χ1n) is 7.30. The van der Waals surface area contributed by atoms with Gasteiger partial charge < -0.3 is 10.2 Å². The Bertz CT molecular complexity index is 588. The van der Waals surface area contributed by atoms with Crippen molar-refractivity contribution < 1.29 is 10.2 Å². The van der Waals surface area contributed by atoms with Crippen LogP contribution in [0.25, 0.3) is 11.1 Å². The average molecular weight is 270 g/mol. The first-order valence-corrected chi connectivity index (χ1v) is 7.30. The second-order valence-corrected chi connectivity index (χ2v) is 5.16. The van der Waals surface area contributed by atoms with Gasteiger partial charge in [-0.05, 0) is 41.7 Å². The van der Waals surface area contributed by atoms with Gasteiger partial charge in [-0.25, -0.2) is 0 Å². The Labute approximate surface area is 120 Å². The molecule has 0 fully saturated rings. The summed E-state index contributed by atoms with van der Waals surface area (Å²) in [6, 6.07) is 11.4. The van der Waals surface area contributed by atoms with E-state index in [0.29, 0.717) is 11.5 Å². The molecular weight excluding hydrogens is 248 g/mol. The molecule has 2 rings (SSSR count). The zero-order valence-corrected chi connectivity index (χ0v) is 12.2. The lowest BCUT2D eigenvalue weighted by molar-refractivity contribution is 0.466. The summed E-state index contributed by atoms with van der Waals surface area (Å²) in [7, 11) is 0. The zero-order chi connectivity index (χ0) is 14.5. The number of para-hydroxylation sites is 1. The van der Waals surface area contributed by atoms with Crippen LogP contribution in [-0.2, 0) is 12.8 Å². The molecule has 2 aromatic carbocycles. The number of aromatic hydroxyl groups is 2. The molecule has 0 unspecified atom stereocenters. The van der Waals surface area contributed by atoms with Crippen molar-refractivity contribution in [2.75, 3.05) is 0 Å². The third kappa shape index (κ3) is 2.96. The number of phenols is 2. The molecule has 0 atom stereocenters. The van der Waals surface area contributed by atoms with Crippen LogP contribution in [0.5, 0.6) is 11.5 Å². The molecule has 2 heteroatoms. The van der Waals surface area contributed by atoms with E-state index in [1.807, 2.05) is 30.3 Å². The van der Waals surface area contributed by atoms with Crippen molar-refractivity contribution in [2.45, 2.75) is 39.5 Å². The fraction of sp³-hybridized carbons (Fsp3) is 0.333. The Kier molecular flexibility index (Phi) is 4.67. The number of benzene rings is 2. The molecule has 0 amide bonds. The molecule has 0 radical (unpaired) electrons. The normalized spacial score (nSPS) is 10.7. The largest absolute Gasteiger partial charge is 0.508 e. The minimum Gasteiger partial charge on any atom is -0.508 e. The number of phenolic OH excluding ortho intramolecular Hbond substituents is 2. The highest BCUT2D eigenvalue weighted by atomic mass is 16.3. The predicted octanol–water partition coefficient (Wildman–Crippen LogP) is 4.67. The van der Waals surface area contributed by atoms with Crippen LogP contribution in [0.1, 0.15) is 37.8 Å². The van der Waals surface area contributed by atoms with Gasteiger partial charge in [0.2, 0.25) is 0 Å². The standard InChI is InChI=1S/C18H22O2/c1-3-6-13-8-5-9-16(18(13)20)14-10-11-17(19)15(12-14)7-4-2/h5,8-12,19-20H,3-4,6-7H2,1-2H3. The monoisotopic (exact) mass is 270 g/mol. The van der Waals surface area contributed by atoms with E-state index in [-0.39, 0.29) is 0 Å². The van der Waals surface area contributed by atoms with Crippen LogP contribution in [-0.4, -0.2) is 10.2 Å². The summed E-state index contributed by atoms with van der Waals surface area (Å²) in [5, 5.41) is 20.3. The number of hydrogen-bond acceptors (Lipinski definition) is 2. The molecule has 2 aromatic rings. The van der Waals surface area contributed by atoms with Crippen molar-refractivity contribution >= 4 is 0 Å². The highest BCUT2D eigenvalue weighted by molar-refractivity contribution is 5.73. The summed E-state index contributed by atoms with van der Waals surface area (Å²) in [6.45, 7) is 4.19. The molecule has 0 aliphatic rings. The molecular formula is C18H22O2. The second kappa shape index (κ2) is 6.47. The van der Waals surface area contributed by atoms with E-state index >= 15 is 0 Å². The zero-order valence-electron chi connectivity index (χ0n) is 12.2. The summed E-state index contributed by atoms with van der Waals surface area (Å²) in [5.41, 5.74) is 3.72. The van der Waals surface area contributed by atoms with E-state index in [9.17, 15) is 10.2 Å². The van der Waals surface area contributed by atoms with Crippen LogP contribution in [0.15, 0.2) is 36.4 Å². The third-order valence-electron chi connectivity index (χ3n) is 3.55. The predicted molar refractivity (Wildman–Crippen MR) is 83.2 cm³/mol. The van der Waals surface area contributed by atoms with Crippen LogP contribution in [0.2, 0.25) is 0 Å². The third-order valence-corrected chi connectivity index (χ3v) is 3.55. The molecule has 2 nitrogen and oxygen atoms in total. The molecule has 0 aromatic heterocycles. The second-order valence-electron chi connectivity index (χ2n) is 5.16. The van der Waals surface area contributed by atoms with E-state index in [2.05, 4.69) is 13.8 Å². The summed E-state index contributed by atoms with van der Waals surface area (Å²) in [4.78, 5) is 0. The first-order chi connectivity index (χ1) is 9.67. The van der Waals surface area contributed by atoms with Crippen LogP contribution >= 0.6 is 0 Å². The number of hydrogen-bond donors (Lipinski definition) is 2. The average Bonchev–Trinajstić information content (AvgIpc) is 2.44. The Morgan fingerprint density at radius 3 is 2.25 bits per heavy atom. The van der Waals surface area contributed by atoms with Crippen molar-refractivity contribution in [3.05, 3.63) is 47.5 Å². The molecule has 0 saturated heterocycles. The van der Waals surface area contributed by atoms with Gasteiger partial charge in [0, 0.05) is 5.56 Å². The number of rotatable bonds is 5. The molecule has 0 spiro atoms. The fourth-order valence-corrected chi connectivity index (χ4v) is 2.52. The van der Waals surface area contributed by atoms with Gasteiger partial charge in [-0.15, -0.1) is 0 Å². The summed E-state index contributed by atoms with van der Waals surface area (Å²) >= 11 is 0. The smallest absolute Gasteiger partial charge is 0.126 e. The van der Waals surface area contributed by atoms with Gasteiger partial charge in [0.1, 0.15) is 11.5 Å². The van der Waals surface area contributed by atoms with Crippen LogP contribution in [0.3, 0.4) is 0 Å². The van der Waals surface area contributed by atoms with Crippen molar-refractivity contribution in [3.63, 3.8) is 0 Å². The van der Waals surface area contributed by atoms with Crippen molar-refractivity contribution in [1.82, 2.24) is 0 Å². The van der Waals surface area contributed by atoms with Gasteiger partial charge in [0.15, 0.2) is 0 Å². The lowest BCUT2D eigenvalue weighted by atomic mass is 9.96. The van der Waals surface area contributed by atoms with Gasteiger partial charge in [0.05, 0.1) is 0 Å². The molecule has 20 heavy (non-hydrogen) atoms. The molecule has 106 valence electrons. The van der Waals surface area contributed by atoms with E-state index in [0.717, 1.165) is 47.9 Å². The maximum atomic E-state index is 10.4. The lowest BCUT2D eigenvalue weighted by Gasteiger charge is -2.11. The van der Waals surface area contributed by atoms with E-state index in [1.54, 1.807) is 6.07 Å². The fourth-order valence-electron chi connectivity index (χ4n) is 2.52. The maximum absolute atomic E-state index is 10.4. The Morgan fingerprint density at radius 2 is 1.55 bits per heavy atom. The highest BCUT2D eigenvalue weighted by Crippen LogP contribution is 2.35. The van der Waals surface area contributed by atoms with Gasteiger partial charge >= 0.3 is 0 Å². The van der Waals surface area contributed by atoms with Crippen LogP contribution < -0.4 is 0 Å². The van der Waals surface area contributed by atoms with Crippen LogP contribution in [0, 0.1) is 0 Å². The minimum absolute atomic E-state index is 0.333. The van der Waals surface area contributed by atoms with Gasteiger partial charge in [-0.3, -0.25) is 0 Å². The molecule has 0 aliphatic heterocycles. The van der Waals surface area contributed by atoms with E-state index in [1.165, 1.54) is 0 Å². The van der Waals surface area contributed by atoms with Gasteiger partial charge in [-0.2, -0.15) is 0 Å². The summed E-state index contributed by atoms with van der Waals surface area (Å²) in [6.07, 6.45) is 3.71. The topological polar surface area (TPSA) is 40.5 Å². The maximum Gasteiger partial charge on any atom is 0.126 e. The quantitative estimate of drug-likeness (QED) is 0.828. The Balaban J connectivity index is 2.46. The SMILES string of the molecule is CCCc1cc(-c2cccc(CCC)c2O)ccc1O. The van der Waals surface area contributed by atoms with Crippen molar-refractivity contribution in [2.24, 2.45) is 0 Å². The Morgan fingerprint density at radius 1 is 0.850 bits per heavy atom. The van der Waals surface area contributed by atoms with Gasteiger partial charge in [-0.1, -0.05) is 51.0 Å². The molecule has 0 heterocycles.